The average Bonchev–Trinajstić information content (AvgIpc) is 2.53. The number of hydrogen-bond donors (Lipinski definition) is 0. The fourth-order valence-electron chi connectivity index (χ4n) is 2.26. The summed E-state index contributed by atoms with van der Waals surface area (Å²) in [6.07, 6.45) is 0. The van der Waals surface area contributed by atoms with Crippen LogP contribution >= 0.6 is 23.2 Å². The van der Waals surface area contributed by atoms with E-state index in [0.29, 0.717) is 5.02 Å². The summed E-state index contributed by atoms with van der Waals surface area (Å²) in [7, 11) is -3.84. The van der Waals surface area contributed by atoms with Gasteiger partial charge in [-0.25, -0.2) is 8.42 Å². The molecular formula is C17H17Cl2NO3S. The maximum Gasteiger partial charge on any atom is 0.264 e. The van der Waals surface area contributed by atoms with Crippen LogP contribution in [0.4, 0.5) is 5.69 Å². The summed E-state index contributed by atoms with van der Waals surface area (Å²) in [6.45, 7) is 3.99. The van der Waals surface area contributed by atoms with E-state index in [1.54, 1.807) is 18.2 Å². The van der Waals surface area contributed by atoms with Crippen molar-refractivity contribution in [3.63, 3.8) is 0 Å². The zero-order chi connectivity index (χ0) is 17.9. The van der Waals surface area contributed by atoms with Crippen LogP contribution in [-0.4, -0.2) is 20.2 Å². The Morgan fingerprint density at radius 2 is 1.75 bits per heavy atom. The molecule has 0 saturated carbocycles. The number of carbonyl (C=O) groups is 1. The Bertz CT molecular complexity index is 836. The first kappa shape index (κ1) is 18.8. The number of halogens is 2. The first-order chi connectivity index (χ1) is 11.2. The Balaban J connectivity index is 2.65. The van der Waals surface area contributed by atoms with E-state index >= 15 is 0 Å². The van der Waals surface area contributed by atoms with Gasteiger partial charge < -0.3 is 0 Å². The molecule has 0 saturated heterocycles. The standard InChI is InChI=1S/C17H17Cl2NO3S/c1-12(2)11-20(24(22,23)14-6-4-3-5-7-14)16-9-8-13(18)10-15(16)17(19)21/h3-10,12H,11H2,1-2H3. The maximum atomic E-state index is 13.1. The highest BCUT2D eigenvalue weighted by molar-refractivity contribution is 7.92. The minimum absolute atomic E-state index is 0.0393. The third-order valence-electron chi connectivity index (χ3n) is 3.30. The van der Waals surface area contributed by atoms with E-state index in [-0.39, 0.29) is 28.6 Å². The topological polar surface area (TPSA) is 54.5 Å². The molecule has 0 amide bonds. The molecule has 0 aliphatic rings. The Kier molecular flexibility index (Phi) is 5.91. The van der Waals surface area contributed by atoms with Gasteiger partial charge in [-0.05, 0) is 47.9 Å². The monoisotopic (exact) mass is 385 g/mol. The molecule has 0 aliphatic heterocycles. The molecule has 0 spiro atoms. The van der Waals surface area contributed by atoms with Crippen molar-refractivity contribution < 1.29 is 13.2 Å². The van der Waals surface area contributed by atoms with Crippen molar-refractivity contribution in [2.75, 3.05) is 10.8 Å². The van der Waals surface area contributed by atoms with Crippen molar-refractivity contribution in [3.05, 3.63) is 59.1 Å². The fourth-order valence-corrected chi connectivity index (χ4v) is 4.25. The lowest BCUT2D eigenvalue weighted by Crippen LogP contribution is -2.35. The van der Waals surface area contributed by atoms with Crippen LogP contribution in [-0.2, 0) is 10.0 Å². The Labute approximate surface area is 152 Å². The highest BCUT2D eigenvalue weighted by Crippen LogP contribution is 2.31. The van der Waals surface area contributed by atoms with Crippen LogP contribution in [0.25, 0.3) is 0 Å². The van der Waals surface area contributed by atoms with Crippen LogP contribution in [0.3, 0.4) is 0 Å². The SMILES string of the molecule is CC(C)CN(c1ccc(Cl)cc1C(=O)Cl)S(=O)(=O)c1ccccc1. The molecule has 0 N–H and O–H groups in total. The minimum atomic E-state index is -3.84. The summed E-state index contributed by atoms with van der Waals surface area (Å²) in [6, 6.07) is 12.5. The predicted octanol–water partition coefficient (Wildman–Crippen LogP) is 4.57. The molecule has 4 nitrogen and oxygen atoms in total. The molecule has 0 atom stereocenters. The summed E-state index contributed by atoms with van der Waals surface area (Å²) in [4.78, 5) is 11.9. The van der Waals surface area contributed by atoms with E-state index in [1.807, 2.05) is 13.8 Å². The molecule has 0 aromatic heterocycles. The molecule has 2 rings (SSSR count). The quantitative estimate of drug-likeness (QED) is 0.684. The zero-order valence-electron chi connectivity index (χ0n) is 13.2. The molecule has 2 aromatic carbocycles. The lowest BCUT2D eigenvalue weighted by molar-refractivity contribution is 0.108. The van der Waals surface area contributed by atoms with Gasteiger partial charge in [-0.3, -0.25) is 9.10 Å². The highest BCUT2D eigenvalue weighted by atomic mass is 35.5. The lowest BCUT2D eigenvalue weighted by atomic mass is 10.1. The summed E-state index contributed by atoms with van der Waals surface area (Å²) in [5.74, 6) is 0.0393. The van der Waals surface area contributed by atoms with Crippen LogP contribution in [0.15, 0.2) is 53.4 Å². The van der Waals surface area contributed by atoms with E-state index in [2.05, 4.69) is 0 Å². The van der Waals surface area contributed by atoms with Gasteiger partial charge in [0.25, 0.3) is 15.3 Å². The van der Waals surface area contributed by atoms with Crippen LogP contribution < -0.4 is 4.31 Å². The van der Waals surface area contributed by atoms with Crippen LogP contribution in [0.5, 0.6) is 0 Å². The zero-order valence-corrected chi connectivity index (χ0v) is 15.6. The Morgan fingerprint density at radius 3 is 2.29 bits per heavy atom. The van der Waals surface area contributed by atoms with Gasteiger partial charge in [-0.1, -0.05) is 43.6 Å². The van der Waals surface area contributed by atoms with Crippen molar-refractivity contribution in [3.8, 4) is 0 Å². The normalized spacial score (nSPS) is 11.5. The van der Waals surface area contributed by atoms with Gasteiger partial charge in [0.2, 0.25) is 0 Å². The molecule has 0 bridgehead atoms. The third kappa shape index (κ3) is 4.09. The first-order valence-corrected chi connectivity index (χ1v) is 9.50. The van der Waals surface area contributed by atoms with Crippen LogP contribution in [0.2, 0.25) is 5.02 Å². The van der Waals surface area contributed by atoms with Crippen molar-refractivity contribution in [2.24, 2.45) is 5.92 Å². The number of sulfonamides is 1. The summed E-state index contributed by atoms with van der Waals surface area (Å²) in [5, 5.41) is -0.450. The molecule has 0 fully saturated rings. The summed E-state index contributed by atoms with van der Waals surface area (Å²) < 4.78 is 27.3. The molecule has 0 aliphatic carbocycles. The van der Waals surface area contributed by atoms with Crippen molar-refractivity contribution in [2.45, 2.75) is 18.7 Å². The second kappa shape index (κ2) is 7.55. The average molecular weight is 386 g/mol. The maximum absolute atomic E-state index is 13.1. The molecule has 7 heteroatoms. The van der Waals surface area contributed by atoms with Gasteiger partial charge in [0.05, 0.1) is 16.1 Å². The van der Waals surface area contributed by atoms with E-state index in [0.717, 1.165) is 0 Å². The van der Waals surface area contributed by atoms with Gasteiger partial charge in [0.15, 0.2) is 0 Å². The van der Waals surface area contributed by atoms with Gasteiger partial charge >= 0.3 is 0 Å². The molecule has 128 valence electrons. The highest BCUT2D eigenvalue weighted by Gasteiger charge is 2.28. The largest absolute Gasteiger partial charge is 0.276 e. The number of hydrogen-bond acceptors (Lipinski definition) is 3. The van der Waals surface area contributed by atoms with Crippen LogP contribution in [0.1, 0.15) is 24.2 Å². The molecule has 24 heavy (non-hydrogen) atoms. The number of anilines is 1. The Hall–Kier alpha value is -1.56. The van der Waals surface area contributed by atoms with E-state index in [1.165, 1.54) is 34.6 Å². The van der Waals surface area contributed by atoms with Gasteiger partial charge in [0.1, 0.15) is 0 Å². The molecular weight excluding hydrogens is 369 g/mol. The summed E-state index contributed by atoms with van der Waals surface area (Å²) >= 11 is 11.6. The van der Waals surface area contributed by atoms with Crippen LogP contribution in [0, 0.1) is 5.92 Å². The Morgan fingerprint density at radius 1 is 1.12 bits per heavy atom. The molecule has 0 heterocycles. The second-order valence-corrected chi connectivity index (χ2v) is 8.32. The lowest BCUT2D eigenvalue weighted by Gasteiger charge is -2.27. The summed E-state index contributed by atoms with van der Waals surface area (Å²) in [5.41, 5.74) is 0.279. The number of carbonyl (C=O) groups excluding carboxylic acids is 1. The fraction of sp³-hybridized carbons (Fsp3) is 0.235. The van der Waals surface area contributed by atoms with Gasteiger partial charge in [0, 0.05) is 11.6 Å². The third-order valence-corrected chi connectivity index (χ3v) is 5.53. The van der Waals surface area contributed by atoms with Crippen molar-refractivity contribution >= 4 is 44.2 Å². The second-order valence-electron chi connectivity index (χ2n) is 5.68. The number of benzene rings is 2. The van der Waals surface area contributed by atoms with Gasteiger partial charge in [-0.15, -0.1) is 0 Å². The predicted molar refractivity (Wildman–Crippen MR) is 97.4 cm³/mol. The van der Waals surface area contributed by atoms with Crippen molar-refractivity contribution in [1.82, 2.24) is 0 Å². The first-order valence-electron chi connectivity index (χ1n) is 7.30. The minimum Gasteiger partial charge on any atom is -0.276 e. The van der Waals surface area contributed by atoms with E-state index in [9.17, 15) is 13.2 Å². The van der Waals surface area contributed by atoms with Gasteiger partial charge in [-0.2, -0.15) is 0 Å². The molecule has 2 aromatic rings. The van der Waals surface area contributed by atoms with E-state index < -0.39 is 15.3 Å². The molecule has 0 unspecified atom stereocenters. The van der Waals surface area contributed by atoms with E-state index in [4.69, 9.17) is 23.2 Å². The smallest absolute Gasteiger partial charge is 0.264 e. The molecule has 0 radical (unpaired) electrons. The number of rotatable bonds is 6. The number of nitrogens with zero attached hydrogens (tertiary/aromatic N) is 1. The van der Waals surface area contributed by atoms with Crippen molar-refractivity contribution in [1.29, 1.82) is 0 Å².